The van der Waals surface area contributed by atoms with Crippen LogP contribution in [0.15, 0.2) is 60.4 Å². The van der Waals surface area contributed by atoms with Crippen molar-refractivity contribution in [3.63, 3.8) is 0 Å². The van der Waals surface area contributed by atoms with E-state index in [-0.39, 0.29) is 42.0 Å². The molecule has 4 aromatic heterocycles. The minimum Gasteiger partial charge on any atom is -0.367 e. The summed E-state index contributed by atoms with van der Waals surface area (Å²) in [5, 5.41) is 10.1. The number of nitrogens with one attached hydrogen (secondary N) is 3. The number of benzene rings is 1. The molecule has 2 atom stereocenters. The van der Waals surface area contributed by atoms with Gasteiger partial charge in [0.05, 0.1) is 28.0 Å². The summed E-state index contributed by atoms with van der Waals surface area (Å²) in [6.45, 7) is 11.3. The van der Waals surface area contributed by atoms with E-state index in [1.165, 1.54) is 0 Å². The average Bonchev–Trinajstić information content (AvgIpc) is 4.21. The summed E-state index contributed by atoms with van der Waals surface area (Å²) in [7, 11) is 3.54. The third kappa shape index (κ3) is 12.4. The molecule has 0 spiro atoms. The average molecular weight is 987 g/mol. The Morgan fingerprint density at radius 2 is 1.56 bits per heavy atom. The lowest BCUT2D eigenvalue weighted by Gasteiger charge is -2.36. The van der Waals surface area contributed by atoms with E-state index in [1.807, 2.05) is 86.8 Å². The first-order valence-electron chi connectivity index (χ1n) is 25.4. The predicted molar refractivity (Wildman–Crippen MR) is 277 cm³/mol. The Bertz CT molecular complexity index is 2660. The summed E-state index contributed by atoms with van der Waals surface area (Å²) in [6, 6.07) is 12.8. The Labute approximate surface area is 421 Å². The fraction of sp³-hybridized carbons (Fsp3) is 0.528. The lowest BCUT2D eigenvalue weighted by atomic mass is 9.85. The molecule has 378 valence electrons. The minimum absolute atomic E-state index is 0.0456. The quantitative estimate of drug-likeness (QED) is 0.0732. The van der Waals surface area contributed by atoms with E-state index < -0.39 is 17.5 Å². The van der Waals surface area contributed by atoms with Crippen molar-refractivity contribution < 1.29 is 24.0 Å². The van der Waals surface area contributed by atoms with Crippen molar-refractivity contribution in [1.82, 2.24) is 49.8 Å². The van der Waals surface area contributed by atoms with E-state index in [2.05, 4.69) is 40.4 Å². The monoisotopic (exact) mass is 987 g/mol. The van der Waals surface area contributed by atoms with Gasteiger partial charge in [0.15, 0.2) is 0 Å². The number of anilines is 3. The lowest BCUT2D eigenvalue weighted by Crippen LogP contribution is -2.57. The Kier molecular flexibility index (Phi) is 16.3. The molecule has 71 heavy (non-hydrogen) atoms. The third-order valence-corrected chi connectivity index (χ3v) is 15.1. The summed E-state index contributed by atoms with van der Waals surface area (Å²) in [6.07, 6.45) is 13.0. The van der Waals surface area contributed by atoms with Gasteiger partial charge in [-0.15, -0.1) is 11.3 Å². The van der Waals surface area contributed by atoms with Crippen LogP contribution in [0.25, 0.3) is 21.5 Å². The molecule has 1 aliphatic carbocycles. The van der Waals surface area contributed by atoms with Gasteiger partial charge in [-0.05, 0) is 80.2 Å². The molecule has 3 N–H and O–H groups in total. The van der Waals surface area contributed by atoms with Gasteiger partial charge in [-0.3, -0.25) is 24.0 Å². The van der Waals surface area contributed by atoms with Crippen molar-refractivity contribution in [2.45, 2.75) is 129 Å². The van der Waals surface area contributed by atoms with Gasteiger partial charge < -0.3 is 40.1 Å². The highest BCUT2D eigenvalue weighted by molar-refractivity contribution is 7.13. The van der Waals surface area contributed by atoms with Crippen LogP contribution < -0.4 is 20.9 Å². The molecule has 6 heterocycles. The van der Waals surface area contributed by atoms with Crippen LogP contribution in [0.1, 0.15) is 126 Å². The van der Waals surface area contributed by atoms with Crippen molar-refractivity contribution in [1.29, 1.82) is 0 Å². The molecule has 3 aliphatic rings. The maximum Gasteiger partial charge on any atom is 0.270 e. The Hall–Kier alpha value is -6.43. The highest BCUT2D eigenvalue weighted by Crippen LogP contribution is 2.35. The van der Waals surface area contributed by atoms with Gasteiger partial charge in [0.25, 0.3) is 5.91 Å². The van der Waals surface area contributed by atoms with Gasteiger partial charge in [0.2, 0.25) is 29.6 Å². The summed E-state index contributed by atoms with van der Waals surface area (Å²) in [5.41, 5.74) is 6.69. The number of carbonyl (C=O) groups is 5. The molecule has 0 bridgehead atoms. The largest absolute Gasteiger partial charge is 0.367 e. The van der Waals surface area contributed by atoms with E-state index in [9.17, 15) is 24.0 Å². The molecule has 2 aliphatic heterocycles. The zero-order chi connectivity index (χ0) is 50.2. The highest BCUT2D eigenvalue weighted by atomic mass is 32.1. The second kappa shape index (κ2) is 22.8. The first-order valence-corrected chi connectivity index (χ1v) is 26.2. The molecular formula is C53H70N12O5S. The summed E-state index contributed by atoms with van der Waals surface area (Å²) in [5.74, 6) is 0.535. The maximum atomic E-state index is 14.0. The number of piperazine rings is 1. The van der Waals surface area contributed by atoms with E-state index >= 15 is 0 Å². The summed E-state index contributed by atoms with van der Waals surface area (Å²) >= 11 is 1.60. The van der Waals surface area contributed by atoms with Crippen LogP contribution in [0.3, 0.4) is 0 Å². The molecule has 1 saturated carbocycles. The van der Waals surface area contributed by atoms with Gasteiger partial charge in [0.1, 0.15) is 29.2 Å². The number of pyridine rings is 1. The third-order valence-electron chi connectivity index (χ3n) is 14.1. The molecule has 18 heteroatoms. The van der Waals surface area contributed by atoms with Crippen LogP contribution in [-0.4, -0.2) is 128 Å². The zero-order valence-corrected chi connectivity index (χ0v) is 43.0. The molecule has 5 aromatic rings. The van der Waals surface area contributed by atoms with Crippen LogP contribution in [0.5, 0.6) is 0 Å². The van der Waals surface area contributed by atoms with Crippen LogP contribution in [-0.2, 0) is 25.7 Å². The van der Waals surface area contributed by atoms with E-state index in [1.54, 1.807) is 41.4 Å². The number of aryl methyl sites for hydroxylation is 1. The molecule has 1 aromatic carbocycles. The molecular weight excluding hydrogens is 917 g/mol. The molecule has 17 nitrogen and oxygen atoms in total. The maximum absolute atomic E-state index is 14.0. The fourth-order valence-electron chi connectivity index (χ4n) is 10.1. The van der Waals surface area contributed by atoms with Crippen LogP contribution >= 0.6 is 11.3 Å². The number of fused-ring (bicyclic) bond motifs is 1. The van der Waals surface area contributed by atoms with Crippen molar-refractivity contribution in [3.05, 3.63) is 77.3 Å². The Morgan fingerprint density at radius 3 is 2.23 bits per heavy atom. The highest BCUT2D eigenvalue weighted by Gasteiger charge is 2.42. The number of rotatable bonds is 18. The molecule has 8 rings (SSSR count). The number of likely N-dealkylation sites (tertiary alicyclic amines) is 1. The minimum atomic E-state index is -0.768. The lowest BCUT2D eigenvalue weighted by molar-refractivity contribution is -0.143. The van der Waals surface area contributed by atoms with Gasteiger partial charge in [-0.2, -0.15) is 4.98 Å². The Morgan fingerprint density at radius 1 is 0.831 bits per heavy atom. The number of carbonyl (C=O) groups excluding carboxylic acids is 5. The second-order valence-electron chi connectivity index (χ2n) is 20.6. The number of amides is 5. The van der Waals surface area contributed by atoms with Crippen LogP contribution in [0, 0.1) is 12.3 Å². The number of hydrogen-bond donors (Lipinski definition) is 3. The van der Waals surface area contributed by atoms with Crippen molar-refractivity contribution in [3.8, 4) is 10.4 Å². The molecule has 3 fully saturated rings. The molecule has 0 radical (unpaired) electrons. The number of hydrogen-bond acceptors (Lipinski definition) is 12. The molecule has 5 amide bonds. The normalized spacial score (nSPS) is 16.9. The first kappa shape index (κ1) is 50.9. The number of nitrogens with zero attached hydrogens (tertiary/aromatic N) is 9. The van der Waals surface area contributed by atoms with Gasteiger partial charge in [-0.1, -0.05) is 70.7 Å². The smallest absolute Gasteiger partial charge is 0.270 e. The topological polar surface area (TPSA) is 191 Å². The summed E-state index contributed by atoms with van der Waals surface area (Å²) in [4.78, 5) is 93.9. The van der Waals surface area contributed by atoms with Gasteiger partial charge >= 0.3 is 0 Å². The standard InChI is InChI=1S/C53H70N12O5S/c1-35-46(71-34-57-35)37-21-19-36(20-22-37)31-55-49(68)41-16-13-25-64(41)51(70)47(53(2,3)4)59-44(66)17-9-7-8-10-18-45(67)63-28-26-62(27-29-63)40-23-24-43(54-33-40)58-52-56-32-38-30-42(50(69)61(5)6)65(48(38)60-52)39-14-11-12-15-39/h19-24,30,32-34,39,41,47H,7-18,25-29,31H2,1-6H3,(H,55,68)(H,59,66)(H,54,56,58,60)/t41-,47+/m0/s1. The second-order valence-corrected chi connectivity index (χ2v) is 21.4. The molecule has 2 saturated heterocycles. The number of unbranched alkanes of at least 4 members (excludes halogenated alkanes) is 3. The number of aromatic nitrogens is 5. The predicted octanol–water partition coefficient (Wildman–Crippen LogP) is 7.65. The SMILES string of the molecule is Cc1ncsc1-c1ccc(CNC(=O)[C@@H]2CCCN2C(=O)[C@@H](NC(=O)CCCCCCC(=O)N2CCN(c3ccc(Nc4ncc5cc(C(=O)N(C)C)n(C6CCCC6)c5n4)nc3)CC2)C(C)(C)C)cc1. The van der Waals surface area contributed by atoms with Crippen LogP contribution in [0.4, 0.5) is 17.5 Å². The van der Waals surface area contributed by atoms with E-state index in [0.717, 1.165) is 89.8 Å². The Balaban J connectivity index is 0.730. The van der Waals surface area contributed by atoms with Crippen molar-refractivity contribution in [2.24, 2.45) is 5.41 Å². The zero-order valence-electron chi connectivity index (χ0n) is 42.2. The van der Waals surface area contributed by atoms with E-state index in [0.29, 0.717) is 76.0 Å². The molecule has 0 unspecified atom stereocenters. The van der Waals surface area contributed by atoms with Gasteiger partial charge in [0, 0.05) is 83.8 Å². The van der Waals surface area contributed by atoms with Crippen molar-refractivity contribution >= 4 is 69.4 Å². The fourth-order valence-corrected chi connectivity index (χ4v) is 10.9. The van der Waals surface area contributed by atoms with E-state index in [4.69, 9.17) is 4.98 Å². The van der Waals surface area contributed by atoms with Crippen molar-refractivity contribution in [2.75, 3.05) is 57.0 Å². The summed E-state index contributed by atoms with van der Waals surface area (Å²) < 4.78 is 2.10. The van der Waals surface area contributed by atoms with Gasteiger partial charge in [-0.25, -0.2) is 15.0 Å². The van der Waals surface area contributed by atoms with Crippen LogP contribution in [0.2, 0.25) is 0 Å². The first-order chi connectivity index (χ1) is 34.1. The number of thiazole rings is 1.